The molecule has 5 rings (SSSR count). The number of hydrogen-bond acceptors (Lipinski definition) is 4. The molecule has 2 aliphatic rings. The van der Waals surface area contributed by atoms with Crippen LogP contribution in [0.3, 0.4) is 0 Å². The fraction of sp³-hybridized carbons (Fsp3) is 0.407. The second-order valence-corrected chi connectivity index (χ2v) is 9.84. The van der Waals surface area contributed by atoms with E-state index in [1.165, 1.54) is 19.3 Å². The topological polar surface area (TPSA) is 50.6 Å². The Morgan fingerprint density at radius 1 is 1.09 bits per heavy atom. The Kier molecular flexibility index (Phi) is 6.88. The molecule has 1 amide bonds. The normalized spacial score (nSPS) is 17.1. The van der Waals surface area contributed by atoms with E-state index in [9.17, 15) is 4.79 Å². The highest BCUT2D eigenvalue weighted by Gasteiger charge is 2.29. The minimum atomic E-state index is 0.130. The van der Waals surface area contributed by atoms with Crippen LogP contribution in [0, 0.1) is 12.8 Å². The van der Waals surface area contributed by atoms with E-state index in [0.717, 1.165) is 47.4 Å². The van der Waals surface area contributed by atoms with Gasteiger partial charge in [-0.1, -0.05) is 48.4 Å². The summed E-state index contributed by atoms with van der Waals surface area (Å²) in [6.45, 7) is 6.14. The molecule has 1 aromatic heterocycles. The van der Waals surface area contributed by atoms with E-state index in [1.807, 2.05) is 71.1 Å². The maximum atomic E-state index is 12.9. The number of nitrogens with zero attached hydrogens (tertiary/aromatic N) is 4. The summed E-state index contributed by atoms with van der Waals surface area (Å²) in [7, 11) is 0. The van der Waals surface area contributed by atoms with Gasteiger partial charge in [0.15, 0.2) is 5.82 Å². The van der Waals surface area contributed by atoms with Crippen LogP contribution < -0.4 is 9.64 Å². The molecule has 34 heavy (non-hydrogen) atoms. The Balaban J connectivity index is 1.27. The lowest BCUT2D eigenvalue weighted by Crippen LogP contribution is -2.52. The van der Waals surface area contributed by atoms with E-state index in [4.69, 9.17) is 21.4 Å². The van der Waals surface area contributed by atoms with Crippen molar-refractivity contribution < 1.29 is 9.53 Å². The number of ether oxygens (including phenoxy) is 1. The second-order valence-electron chi connectivity index (χ2n) is 9.41. The number of amides is 1. The summed E-state index contributed by atoms with van der Waals surface area (Å²) >= 11 is 6.31. The Bertz CT molecular complexity index is 1140. The van der Waals surface area contributed by atoms with Crippen molar-refractivity contribution in [1.29, 1.82) is 0 Å². The Morgan fingerprint density at radius 3 is 2.65 bits per heavy atom. The van der Waals surface area contributed by atoms with E-state index < -0.39 is 0 Å². The highest BCUT2D eigenvalue weighted by Crippen LogP contribution is 2.29. The number of rotatable bonds is 8. The predicted octanol–water partition coefficient (Wildman–Crippen LogP) is 4.92. The molecule has 0 atom stereocenters. The van der Waals surface area contributed by atoms with Crippen molar-refractivity contribution in [3.05, 3.63) is 76.4 Å². The van der Waals surface area contributed by atoms with Gasteiger partial charge in [-0.05, 0) is 49.4 Å². The molecule has 178 valence electrons. The zero-order valence-corrected chi connectivity index (χ0v) is 20.4. The molecule has 2 fully saturated rings. The third kappa shape index (κ3) is 5.29. The number of carbonyl (C=O) groups is 1. The van der Waals surface area contributed by atoms with Crippen molar-refractivity contribution in [3.8, 4) is 5.75 Å². The molecule has 0 N–H and O–H groups in total. The minimum absolute atomic E-state index is 0.130. The number of halogens is 1. The summed E-state index contributed by atoms with van der Waals surface area (Å²) < 4.78 is 8.04. The molecule has 2 aromatic carbocycles. The SMILES string of the molecule is Cc1cc(N2CCN(CC3CCC3)CC2=O)nn1Cc1cc(Cl)ccc1OCc1ccccc1. The molecule has 2 heterocycles. The Morgan fingerprint density at radius 2 is 1.91 bits per heavy atom. The molecular formula is C27H31ClN4O2. The summed E-state index contributed by atoms with van der Waals surface area (Å²) in [5.74, 6) is 2.41. The van der Waals surface area contributed by atoms with Gasteiger partial charge in [0.1, 0.15) is 12.4 Å². The largest absolute Gasteiger partial charge is 0.489 e. The van der Waals surface area contributed by atoms with Crippen LogP contribution in [0.2, 0.25) is 5.02 Å². The average molecular weight is 479 g/mol. The fourth-order valence-corrected chi connectivity index (χ4v) is 4.85. The number of aryl methyl sites for hydroxylation is 1. The number of benzene rings is 2. The zero-order valence-electron chi connectivity index (χ0n) is 19.6. The molecular weight excluding hydrogens is 448 g/mol. The van der Waals surface area contributed by atoms with Crippen LogP contribution in [0.15, 0.2) is 54.6 Å². The van der Waals surface area contributed by atoms with Crippen LogP contribution in [0.25, 0.3) is 0 Å². The number of aromatic nitrogens is 2. The van der Waals surface area contributed by atoms with Gasteiger partial charge in [-0.3, -0.25) is 19.3 Å². The molecule has 0 spiro atoms. The molecule has 0 unspecified atom stereocenters. The lowest BCUT2D eigenvalue weighted by atomic mass is 9.85. The molecule has 1 saturated carbocycles. The van der Waals surface area contributed by atoms with Crippen molar-refractivity contribution in [2.45, 2.75) is 39.3 Å². The van der Waals surface area contributed by atoms with Crippen molar-refractivity contribution in [2.75, 3.05) is 31.1 Å². The van der Waals surface area contributed by atoms with Crippen LogP contribution >= 0.6 is 11.6 Å². The number of carbonyl (C=O) groups excluding carboxylic acids is 1. The van der Waals surface area contributed by atoms with Gasteiger partial charge in [0, 0.05) is 42.0 Å². The van der Waals surface area contributed by atoms with Crippen molar-refractivity contribution in [3.63, 3.8) is 0 Å². The van der Waals surface area contributed by atoms with Crippen molar-refractivity contribution in [2.24, 2.45) is 5.92 Å². The monoisotopic (exact) mass is 478 g/mol. The van der Waals surface area contributed by atoms with Gasteiger partial charge in [0.2, 0.25) is 5.91 Å². The van der Waals surface area contributed by atoms with Crippen molar-refractivity contribution >= 4 is 23.3 Å². The maximum absolute atomic E-state index is 12.9. The van der Waals surface area contributed by atoms with E-state index in [2.05, 4.69) is 4.90 Å². The van der Waals surface area contributed by atoms with Gasteiger partial charge in [0.05, 0.1) is 13.1 Å². The molecule has 1 saturated heterocycles. The van der Waals surface area contributed by atoms with Crippen LogP contribution in [-0.4, -0.2) is 46.8 Å². The number of piperazine rings is 1. The first-order valence-electron chi connectivity index (χ1n) is 12.1. The second kappa shape index (κ2) is 10.2. The van der Waals surface area contributed by atoms with Gasteiger partial charge >= 0.3 is 0 Å². The fourth-order valence-electron chi connectivity index (χ4n) is 4.65. The Labute approximate surface area is 206 Å². The van der Waals surface area contributed by atoms with Crippen LogP contribution in [-0.2, 0) is 17.9 Å². The summed E-state index contributed by atoms with van der Waals surface area (Å²) in [6.07, 6.45) is 3.94. The van der Waals surface area contributed by atoms with Gasteiger partial charge in [-0.2, -0.15) is 5.10 Å². The zero-order chi connectivity index (χ0) is 23.5. The third-order valence-electron chi connectivity index (χ3n) is 6.87. The summed E-state index contributed by atoms with van der Waals surface area (Å²) in [5.41, 5.74) is 3.06. The molecule has 1 aliphatic heterocycles. The number of anilines is 1. The highest BCUT2D eigenvalue weighted by molar-refractivity contribution is 6.30. The van der Waals surface area contributed by atoms with Crippen LogP contribution in [0.4, 0.5) is 5.82 Å². The maximum Gasteiger partial charge on any atom is 0.242 e. The van der Waals surface area contributed by atoms with E-state index in [-0.39, 0.29) is 5.91 Å². The first-order chi connectivity index (χ1) is 16.5. The predicted molar refractivity (Wildman–Crippen MR) is 134 cm³/mol. The van der Waals surface area contributed by atoms with E-state index >= 15 is 0 Å². The standard InChI is InChI=1S/C27H31ClN4O2/c1-20-14-26(31-13-12-30(18-27(31)33)16-21-8-5-9-21)29-32(20)17-23-15-24(28)10-11-25(23)34-19-22-6-3-2-4-7-22/h2-4,6-7,10-11,14-15,21H,5,8-9,12-13,16-19H2,1H3. The van der Waals surface area contributed by atoms with E-state index in [1.54, 1.807) is 0 Å². The molecule has 7 heteroatoms. The lowest BCUT2D eigenvalue weighted by Gasteiger charge is -2.37. The van der Waals surface area contributed by atoms with Gasteiger partial charge in [0.25, 0.3) is 0 Å². The molecule has 0 bridgehead atoms. The summed E-state index contributed by atoms with van der Waals surface area (Å²) in [5, 5.41) is 5.44. The summed E-state index contributed by atoms with van der Waals surface area (Å²) in [6, 6.07) is 17.8. The summed E-state index contributed by atoms with van der Waals surface area (Å²) in [4.78, 5) is 17.0. The third-order valence-corrected chi connectivity index (χ3v) is 7.10. The first-order valence-corrected chi connectivity index (χ1v) is 12.5. The first kappa shape index (κ1) is 22.9. The highest BCUT2D eigenvalue weighted by atomic mass is 35.5. The van der Waals surface area contributed by atoms with Crippen LogP contribution in [0.5, 0.6) is 5.75 Å². The minimum Gasteiger partial charge on any atom is -0.489 e. The Hall–Kier alpha value is -2.83. The molecule has 1 aliphatic carbocycles. The van der Waals surface area contributed by atoms with Crippen molar-refractivity contribution in [1.82, 2.24) is 14.7 Å². The number of hydrogen-bond donors (Lipinski definition) is 0. The lowest BCUT2D eigenvalue weighted by molar-refractivity contribution is -0.121. The van der Waals surface area contributed by atoms with Gasteiger partial charge in [-0.15, -0.1) is 0 Å². The quantitative estimate of drug-likeness (QED) is 0.461. The van der Waals surface area contributed by atoms with E-state index in [0.29, 0.717) is 31.3 Å². The molecule has 6 nitrogen and oxygen atoms in total. The van der Waals surface area contributed by atoms with Crippen LogP contribution in [0.1, 0.15) is 36.1 Å². The smallest absolute Gasteiger partial charge is 0.242 e. The average Bonchev–Trinajstić information content (AvgIpc) is 3.16. The van der Waals surface area contributed by atoms with Gasteiger partial charge < -0.3 is 4.74 Å². The molecule has 0 radical (unpaired) electrons. The van der Waals surface area contributed by atoms with Gasteiger partial charge in [-0.25, -0.2) is 0 Å². The molecule has 3 aromatic rings.